The molecule has 7 nitrogen and oxygen atoms in total. The molecule has 1 aliphatic heterocycles. The molecule has 2 amide bonds. The summed E-state index contributed by atoms with van der Waals surface area (Å²) in [5, 5.41) is 0. The highest BCUT2D eigenvalue weighted by molar-refractivity contribution is 5.82. The van der Waals surface area contributed by atoms with Gasteiger partial charge in [-0.1, -0.05) is 0 Å². The van der Waals surface area contributed by atoms with Crippen molar-refractivity contribution in [1.29, 1.82) is 0 Å². The van der Waals surface area contributed by atoms with Gasteiger partial charge in [-0.3, -0.25) is 9.69 Å². The molecule has 0 unspecified atom stereocenters. The van der Waals surface area contributed by atoms with Gasteiger partial charge in [-0.25, -0.2) is 4.79 Å². The number of hydrogen-bond acceptors (Lipinski definition) is 5. The first-order valence-corrected chi connectivity index (χ1v) is 7.81. The summed E-state index contributed by atoms with van der Waals surface area (Å²) in [6, 6.07) is -0.102. The minimum absolute atomic E-state index is 0.0412. The fourth-order valence-corrected chi connectivity index (χ4v) is 2.50. The minimum Gasteiger partial charge on any atom is -0.447 e. The molecule has 0 bridgehead atoms. The number of amides is 2. The van der Waals surface area contributed by atoms with Crippen LogP contribution in [0.2, 0.25) is 0 Å². The number of rotatable bonds is 6. The predicted octanol–water partition coefficient (Wildman–Crippen LogP) is 0.871. The lowest BCUT2D eigenvalue weighted by molar-refractivity contribution is -0.141. The lowest BCUT2D eigenvalue weighted by atomic mass is 10.2. The van der Waals surface area contributed by atoms with Crippen LogP contribution in [0.5, 0.6) is 0 Å². The van der Waals surface area contributed by atoms with Crippen molar-refractivity contribution in [2.45, 2.75) is 38.3 Å². The Bertz CT molecular complexity index is 409. The van der Waals surface area contributed by atoms with E-state index in [1.807, 2.05) is 13.8 Å². The number of carbonyl (C=O) groups excluding carboxylic acids is 2. The number of nitrogens with zero attached hydrogens (tertiary/aromatic N) is 2. The predicted molar refractivity (Wildman–Crippen MR) is 79.6 cm³/mol. The van der Waals surface area contributed by atoms with Gasteiger partial charge in [0, 0.05) is 26.2 Å². The van der Waals surface area contributed by atoms with Gasteiger partial charge in [-0.05, 0) is 26.7 Å². The van der Waals surface area contributed by atoms with Crippen molar-refractivity contribution in [2.24, 2.45) is 0 Å². The average Bonchev–Trinajstić information content (AvgIpc) is 3.23. The largest absolute Gasteiger partial charge is 0.447 e. The zero-order valence-corrected chi connectivity index (χ0v) is 13.7. The minimum atomic E-state index is -0.477. The SMILES string of the molecule is COCCOC(=O)N(CC(=O)N1CCOC2(CC2)C1)C(C)C. The number of carbonyl (C=O) groups is 2. The third kappa shape index (κ3) is 4.33. The van der Waals surface area contributed by atoms with Crippen LogP contribution in [0, 0.1) is 0 Å². The van der Waals surface area contributed by atoms with Gasteiger partial charge in [0.05, 0.1) is 18.8 Å². The van der Waals surface area contributed by atoms with E-state index < -0.39 is 6.09 Å². The molecule has 0 radical (unpaired) electrons. The third-order valence-electron chi connectivity index (χ3n) is 4.09. The van der Waals surface area contributed by atoms with Crippen molar-refractivity contribution in [3.05, 3.63) is 0 Å². The van der Waals surface area contributed by atoms with Crippen LogP contribution in [0.4, 0.5) is 4.79 Å². The fourth-order valence-electron chi connectivity index (χ4n) is 2.50. The molecule has 22 heavy (non-hydrogen) atoms. The highest BCUT2D eigenvalue weighted by atomic mass is 16.6. The molecule has 0 atom stereocenters. The van der Waals surface area contributed by atoms with Gasteiger partial charge < -0.3 is 19.1 Å². The Morgan fingerprint density at radius 3 is 2.64 bits per heavy atom. The molecule has 1 spiro atoms. The molecular formula is C15H26N2O5. The topological polar surface area (TPSA) is 68.3 Å². The summed E-state index contributed by atoms with van der Waals surface area (Å²) in [6.07, 6.45) is 1.56. The first kappa shape index (κ1) is 17.0. The monoisotopic (exact) mass is 314 g/mol. The van der Waals surface area contributed by atoms with Crippen molar-refractivity contribution in [3.63, 3.8) is 0 Å². The Morgan fingerprint density at radius 1 is 1.32 bits per heavy atom. The van der Waals surface area contributed by atoms with Crippen LogP contribution < -0.4 is 0 Å². The highest BCUT2D eigenvalue weighted by Crippen LogP contribution is 2.41. The zero-order valence-electron chi connectivity index (χ0n) is 13.7. The molecule has 126 valence electrons. The number of hydrogen-bond donors (Lipinski definition) is 0. The van der Waals surface area contributed by atoms with Gasteiger partial charge in [0.2, 0.25) is 5.91 Å². The molecule has 2 rings (SSSR count). The van der Waals surface area contributed by atoms with Crippen LogP contribution in [-0.4, -0.2) is 80.0 Å². The molecular weight excluding hydrogens is 288 g/mol. The Balaban J connectivity index is 1.86. The molecule has 2 fully saturated rings. The Hall–Kier alpha value is -1.34. The Morgan fingerprint density at radius 2 is 2.05 bits per heavy atom. The van der Waals surface area contributed by atoms with Crippen LogP contribution in [0.1, 0.15) is 26.7 Å². The van der Waals surface area contributed by atoms with Crippen molar-refractivity contribution in [1.82, 2.24) is 9.80 Å². The molecule has 1 saturated carbocycles. The Labute approximate surface area is 131 Å². The van der Waals surface area contributed by atoms with E-state index in [9.17, 15) is 9.59 Å². The van der Waals surface area contributed by atoms with E-state index in [4.69, 9.17) is 14.2 Å². The standard InChI is InChI=1S/C15H26N2O5/c1-12(2)17(14(19)21-9-8-20-3)10-13(18)16-6-7-22-15(11-16)4-5-15/h12H,4-11H2,1-3H3. The van der Waals surface area contributed by atoms with E-state index in [2.05, 4.69) is 0 Å². The van der Waals surface area contributed by atoms with Gasteiger partial charge in [-0.2, -0.15) is 0 Å². The number of morpholine rings is 1. The van der Waals surface area contributed by atoms with Crippen molar-refractivity contribution >= 4 is 12.0 Å². The molecule has 0 aromatic heterocycles. The smallest absolute Gasteiger partial charge is 0.410 e. The molecule has 0 aromatic carbocycles. The van der Waals surface area contributed by atoms with Crippen molar-refractivity contribution in [2.75, 3.05) is 46.6 Å². The molecule has 7 heteroatoms. The third-order valence-corrected chi connectivity index (χ3v) is 4.09. The van der Waals surface area contributed by atoms with Gasteiger partial charge in [-0.15, -0.1) is 0 Å². The highest BCUT2D eigenvalue weighted by Gasteiger charge is 2.48. The van der Waals surface area contributed by atoms with Crippen LogP contribution in [0.25, 0.3) is 0 Å². The molecule has 0 N–H and O–H groups in total. The first-order valence-electron chi connectivity index (χ1n) is 7.81. The van der Waals surface area contributed by atoms with Crippen molar-refractivity contribution in [3.8, 4) is 0 Å². The maximum Gasteiger partial charge on any atom is 0.410 e. The van der Waals surface area contributed by atoms with Crippen molar-refractivity contribution < 1.29 is 23.8 Å². The van der Waals surface area contributed by atoms with E-state index in [0.717, 1.165) is 12.8 Å². The second kappa shape index (κ2) is 7.28. The number of ether oxygens (including phenoxy) is 3. The van der Waals surface area contributed by atoms with Gasteiger partial charge >= 0.3 is 6.09 Å². The summed E-state index contributed by atoms with van der Waals surface area (Å²) >= 11 is 0. The van der Waals surface area contributed by atoms with Crippen LogP contribution in [-0.2, 0) is 19.0 Å². The first-order chi connectivity index (χ1) is 10.5. The summed E-state index contributed by atoms with van der Waals surface area (Å²) in [6.45, 7) is 6.11. The fraction of sp³-hybridized carbons (Fsp3) is 0.867. The summed E-state index contributed by atoms with van der Waals surface area (Å²) in [5.41, 5.74) is -0.102. The van der Waals surface area contributed by atoms with E-state index in [1.165, 1.54) is 4.90 Å². The normalized spacial score (nSPS) is 19.4. The van der Waals surface area contributed by atoms with Gasteiger partial charge in [0.1, 0.15) is 13.2 Å². The molecule has 2 aliphatic rings. The molecule has 1 saturated heterocycles. The van der Waals surface area contributed by atoms with Gasteiger partial charge in [0.25, 0.3) is 0 Å². The summed E-state index contributed by atoms with van der Waals surface area (Å²) in [4.78, 5) is 27.8. The second-order valence-electron chi connectivity index (χ2n) is 6.18. The maximum atomic E-state index is 12.5. The average molecular weight is 314 g/mol. The molecule has 1 aliphatic carbocycles. The zero-order chi connectivity index (χ0) is 16.2. The van der Waals surface area contributed by atoms with E-state index in [1.54, 1.807) is 12.0 Å². The van der Waals surface area contributed by atoms with Crippen LogP contribution in [0.15, 0.2) is 0 Å². The van der Waals surface area contributed by atoms with Crippen LogP contribution >= 0.6 is 0 Å². The summed E-state index contributed by atoms with van der Waals surface area (Å²) in [7, 11) is 1.55. The van der Waals surface area contributed by atoms with E-state index in [0.29, 0.717) is 26.3 Å². The quantitative estimate of drug-likeness (QED) is 0.681. The van der Waals surface area contributed by atoms with E-state index in [-0.39, 0.29) is 30.7 Å². The maximum absolute atomic E-state index is 12.5. The lowest BCUT2D eigenvalue weighted by Crippen LogP contribution is -2.52. The Kier molecular flexibility index (Phi) is 5.63. The van der Waals surface area contributed by atoms with E-state index >= 15 is 0 Å². The summed E-state index contributed by atoms with van der Waals surface area (Å²) in [5.74, 6) is -0.0491. The van der Waals surface area contributed by atoms with Crippen LogP contribution in [0.3, 0.4) is 0 Å². The summed E-state index contributed by atoms with van der Waals surface area (Å²) < 4.78 is 15.7. The second-order valence-corrected chi connectivity index (χ2v) is 6.18. The lowest BCUT2D eigenvalue weighted by Gasteiger charge is -2.35. The molecule has 0 aromatic rings. The number of methoxy groups -OCH3 is 1. The molecule has 1 heterocycles. The van der Waals surface area contributed by atoms with Gasteiger partial charge in [0.15, 0.2) is 0 Å².